The van der Waals surface area contributed by atoms with Crippen LogP contribution < -0.4 is 4.72 Å². The van der Waals surface area contributed by atoms with Gasteiger partial charge in [-0.25, -0.2) is 13.1 Å². The van der Waals surface area contributed by atoms with Crippen molar-refractivity contribution < 1.29 is 30.8 Å². The maximum atomic E-state index is 12.4. The van der Waals surface area contributed by atoms with Gasteiger partial charge in [0.1, 0.15) is 9.90 Å². The average Bonchev–Trinajstić information content (AvgIpc) is 3.07. The number of halogens is 3. The Morgan fingerprint density at radius 2 is 2.14 bits per heavy atom. The zero-order chi connectivity index (χ0) is 16.4. The molecule has 6 nitrogen and oxygen atoms in total. The largest absolute Gasteiger partial charge is 0.452 e. The van der Waals surface area contributed by atoms with Crippen LogP contribution in [0.2, 0.25) is 0 Å². The lowest BCUT2D eigenvalue weighted by molar-refractivity contribution is -0.155. The van der Waals surface area contributed by atoms with Crippen LogP contribution in [0.15, 0.2) is 26.9 Å². The molecule has 0 aromatic carbocycles. The van der Waals surface area contributed by atoms with Gasteiger partial charge in [0.2, 0.25) is 15.8 Å². The van der Waals surface area contributed by atoms with Gasteiger partial charge in [0.25, 0.3) is 0 Å². The fourth-order valence-corrected chi connectivity index (χ4v) is 3.79. The van der Waals surface area contributed by atoms with E-state index in [0.717, 1.165) is 17.4 Å². The Hall–Kier alpha value is -1.43. The Bertz CT molecular complexity index is 737. The van der Waals surface area contributed by atoms with Gasteiger partial charge in [-0.05, 0) is 12.1 Å². The fourth-order valence-electron chi connectivity index (χ4n) is 1.48. The van der Waals surface area contributed by atoms with Crippen molar-refractivity contribution in [2.75, 3.05) is 20.3 Å². The number of nitrogens with one attached hydrogen (secondary N) is 1. The minimum Gasteiger partial charge on any atom is -0.383 e. The molecule has 0 saturated heterocycles. The van der Waals surface area contributed by atoms with E-state index in [9.17, 15) is 21.6 Å². The molecule has 0 aliphatic carbocycles. The number of sulfonamides is 1. The number of nitrogens with zero attached hydrogens (tertiary/aromatic N) is 1. The number of hydrogen-bond donors (Lipinski definition) is 1. The molecule has 11 heteroatoms. The SMILES string of the molecule is COCCNS(=O)(=O)c1ccc(-c2cc(C(F)(F)F)on2)s1. The molecular formula is C11H11F3N2O4S2. The topological polar surface area (TPSA) is 81.4 Å². The molecule has 2 rings (SSSR count). The highest BCUT2D eigenvalue weighted by molar-refractivity contribution is 7.91. The van der Waals surface area contributed by atoms with Gasteiger partial charge < -0.3 is 9.26 Å². The van der Waals surface area contributed by atoms with Crippen molar-refractivity contribution in [3.05, 3.63) is 24.0 Å². The number of hydrogen-bond acceptors (Lipinski definition) is 6. The highest BCUT2D eigenvalue weighted by atomic mass is 32.2. The van der Waals surface area contributed by atoms with Crippen LogP contribution in [0.1, 0.15) is 5.76 Å². The molecule has 2 heterocycles. The maximum Gasteiger partial charge on any atom is 0.452 e. The van der Waals surface area contributed by atoms with Crippen molar-refractivity contribution in [2.24, 2.45) is 0 Å². The van der Waals surface area contributed by atoms with Gasteiger partial charge in [0, 0.05) is 19.7 Å². The quantitative estimate of drug-likeness (QED) is 0.804. The summed E-state index contributed by atoms with van der Waals surface area (Å²) < 4.78 is 72.4. The lowest BCUT2D eigenvalue weighted by Crippen LogP contribution is -2.26. The Morgan fingerprint density at radius 3 is 2.73 bits per heavy atom. The molecular weight excluding hydrogens is 345 g/mol. The van der Waals surface area contributed by atoms with E-state index >= 15 is 0 Å². The number of alkyl halides is 3. The predicted molar refractivity (Wildman–Crippen MR) is 71.9 cm³/mol. The van der Waals surface area contributed by atoms with Crippen molar-refractivity contribution >= 4 is 21.4 Å². The van der Waals surface area contributed by atoms with Gasteiger partial charge in [-0.3, -0.25) is 0 Å². The molecule has 2 aromatic rings. The molecule has 0 fully saturated rings. The van der Waals surface area contributed by atoms with Crippen LogP contribution in [0.3, 0.4) is 0 Å². The smallest absolute Gasteiger partial charge is 0.383 e. The first-order chi connectivity index (χ1) is 10.2. The van der Waals surface area contributed by atoms with Crippen molar-refractivity contribution in [2.45, 2.75) is 10.4 Å². The monoisotopic (exact) mass is 356 g/mol. The van der Waals surface area contributed by atoms with E-state index in [2.05, 4.69) is 14.4 Å². The van der Waals surface area contributed by atoms with Crippen LogP contribution in [-0.4, -0.2) is 33.8 Å². The number of thiophene rings is 1. The number of aromatic nitrogens is 1. The van der Waals surface area contributed by atoms with E-state index in [4.69, 9.17) is 4.74 Å². The van der Waals surface area contributed by atoms with Crippen molar-refractivity contribution in [1.29, 1.82) is 0 Å². The van der Waals surface area contributed by atoms with Gasteiger partial charge in [0.05, 0.1) is 11.5 Å². The zero-order valence-corrected chi connectivity index (χ0v) is 12.8. The molecule has 0 atom stereocenters. The molecule has 0 saturated carbocycles. The molecule has 1 N–H and O–H groups in total. The van der Waals surface area contributed by atoms with E-state index in [1.54, 1.807) is 0 Å². The van der Waals surface area contributed by atoms with Crippen molar-refractivity contribution in [3.63, 3.8) is 0 Å². The minimum absolute atomic E-state index is 0.0323. The normalized spacial score (nSPS) is 12.7. The number of methoxy groups -OCH3 is 1. The van der Waals surface area contributed by atoms with Crippen LogP contribution in [0.25, 0.3) is 10.6 Å². The summed E-state index contributed by atoms with van der Waals surface area (Å²) in [5.41, 5.74) is -0.0735. The van der Waals surface area contributed by atoms with Crippen LogP contribution in [0, 0.1) is 0 Å². The lowest BCUT2D eigenvalue weighted by Gasteiger charge is -2.03. The Balaban J connectivity index is 2.19. The van der Waals surface area contributed by atoms with Gasteiger partial charge in [0.15, 0.2) is 0 Å². The van der Waals surface area contributed by atoms with E-state index < -0.39 is 22.0 Å². The summed E-state index contributed by atoms with van der Waals surface area (Å²) >= 11 is 0.794. The molecule has 0 aliphatic rings. The third kappa shape index (κ3) is 3.85. The Labute approximate surface area is 127 Å². The summed E-state index contributed by atoms with van der Waals surface area (Å²) in [6, 6.07) is 3.38. The van der Waals surface area contributed by atoms with E-state index in [0.29, 0.717) is 0 Å². The van der Waals surface area contributed by atoms with Crippen LogP contribution in [-0.2, 0) is 20.9 Å². The Morgan fingerprint density at radius 1 is 1.41 bits per heavy atom. The van der Waals surface area contributed by atoms with Gasteiger partial charge in [-0.2, -0.15) is 13.2 Å². The summed E-state index contributed by atoms with van der Waals surface area (Å²) in [5, 5.41) is 3.30. The lowest BCUT2D eigenvalue weighted by atomic mass is 10.3. The van der Waals surface area contributed by atoms with Crippen LogP contribution >= 0.6 is 11.3 Å². The summed E-state index contributed by atoms with van der Waals surface area (Å²) in [5.74, 6) is -1.24. The third-order valence-corrected chi connectivity index (χ3v) is 5.55. The van der Waals surface area contributed by atoms with Crippen LogP contribution in [0.4, 0.5) is 13.2 Å². The molecule has 0 amide bonds. The number of rotatable bonds is 6. The van der Waals surface area contributed by atoms with Gasteiger partial charge in [-0.15, -0.1) is 11.3 Å². The highest BCUT2D eigenvalue weighted by Gasteiger charge is 2.36. The summed E-state index contributed by atoms with van der Waals surface area (Å²) in [6.45, 7) is 0.296. The first kappa shape index (κ1) is 16.9. The van der Waals surface area contributed by atoms with E-state index in [1.807, 2.05) is 0 Å². The molecule has 0 unspecified atom stereocenters. The number of ether oxygens (including phenoxy) is 1. The molecule has 0 bridgehead atoms. The van der Waals surface area contributed by atoms with E-state index in [1.165, 1.54) is 19.2 Å². The van der Waals surface area contributed by atoms with Gasteiger partial charge in [-0.1, -0.05) is 5.16 Å². The van der Waals surface area contributed by atoms with Crippen molar-refractivity contribution in [1.82, 2.24) is 9.88 Å². The summed E-state index contributed by atoms with van der Waals surface area (Å²) in [7, 11) is -2.30. The molecule has 22 heavy (non-hydrogen) atoms. The minimum atomic E-state index is -4.64. The van der Waals surface area contributed by atoms with E-state index in [-0.39, 0.29) is 27.9 Å². The van der Waals surface area contributed by atoms with Crippen LogP contribution in [0.5, 0.6) is 0 Å². The van der Waals surface area contributed by atoms with Gasteiger partial charge >= 0.3 is 6.18 Å². The highest BCUT2D eigenvalue weighted by Crippen LogP contribution is 2.35. The molecule has 0 radical (unpaired) electrons. The third-order valence-electron chi connectivity index (χ3n) is 2.49. The van der Waals surface area contributed by atoms with Crippen molar-refractivity contribution in [3.8, 4) is 10.6 Å². The standard InChI is InChI=1S/C11H11F3N2O4S2/c1-19-5-4-15-22(17,18)10-3-2-8(21-10)7-6-9(20-16-7)11(12,13)14/h2-3,6,15H,4-5H2,1H3. The molecule has 0 aliphatic heterocycles. The molecule has 2 aromatic heterocycles. The first-order valence-electron chi connectivity index (χ1n) is 5.87. The fraction of sp³-hybridized carbons (Fsp3) is 0.364. The molecule has 0 spiro atoms. The second-order valence-electron chi connectivity index (χ2n) is 4.08. The predicted octanol–water partition coefficient (Wildman–Crippen LogP) is 2.35. The summed E-state index contributed by atoms with van der Waals surface area (Å²) in [4.78, 5) is 0.256. The molecule has 122 valence electrons. The maximum absolute atomic E-state index is 12.4. The average molecular weight is 356 g/mol. The second kappa shape index (κ2) is 6.36. The first-order valence-corrected chi connectivity index (χ1v) is 8.17. The summed E-state index contributed by atoms with van der Waals surface area (Å²) in [6.07, 6.45) is -4.64. The zero-order valence-electron chi connectivity index (χ0n) is 11.2. The Kier molecular flexibility index (Phi) is 4.90. The second-order valence-corrected chi connectivity index (χ2v) is 7.16.